The summed E-state index contributed by atoms with van der Waals surface area (Å²) in [4.78, 5) is 81.9. The number of nitrogens with zero attached hydrogens (tertiary/aromatic N) is 5. The summed E-state index contributed by atoms with van der Waals surface area (Å²) < 4.78 is 108. The van der Waals surface area contributed by atoms with Crippen LogP contribution < -0.4 is 15.5 Å². The molecule has 1 aliphatic carbocycles. The highest BCUT2D eigenvalue weighted by molar-refractivity contribution is 7.86. The molecule has 3 aliphatic heterocycles. The van der Waals surface area contributed by atoms with Crippen molar-refractivity contribution in [3.05, 3.63) is 88.3 Å². The van der Waals surface area contributed by atoms with Crippen molar-refractivity contribution in [1.29, 1.82) is 0 Å². The van der Waals surface area contributed by atoms with Crippen LogP contribution in [0.1, 0.15) is 90.2 Å². The monoisotopic (exact) mass is 1140 g/mol. The second-order valence-electron chi connectivity index (χ2n) is 21.6. The number of alkyl halides is 3. The Bertz CT molecular complexity index is 3050. The van der Waals surface area contributed by atoms with Crippen LogP contribution in [-0.4, -0.2) is 177 Å². The second kappa shape index (κ2) is 24.4. The fourth-order valence-corrected chi connectivity index (χ4v) is 10.7. The van der Waals surface area contributed by atoms with Gasteiger partial charge in [0, 0.05) is 79.0 Å². The van der Waals surface area contributed by atoms with Crippen molar-refractivity contribution in [2.75, 3.05) is 78.6 Å². The zero-order valence-electron chi connectivity index (χ0n) is 45.1. The van der Waals surface area contributed by atoms with Crippen molar-refractivity contribution in [2.24, 2.45) is 0 Å². The van der Waals surface area contributed by atoms with Gasteiger partial charge >= 0.3 is 18.1 Å². The van der Waals surface area contributed by atoms with E-state index in [1.54, 1.807) is 23.8 Å². The van der Waals surface area contributed by atoms with Gasteiger partial charge < -0.3 is 44.0 Å². The number of hydrogen-bond donors (Lipinski definition) is 3. The number of ketones is 1. The predicted octanol–water partition coefficient (Wildman–Crippen LogP) is 3.88. The van der Waals surface area contributed by atoms with Crippen LogP contribution in [-0.2, 0) is 64.7 Å². The van der Waals surface area contributed by atoms with E-state index in [0.29, 0.717) is 60.9 Å². The molecule has 2 aromatic rings. The van der Waals surface area contributed by atoms with Crippen LogP contribution in [0.3, 0.4) is 0 Å². The van der Waals surface area contributed by atoms with Gasteiger partial charge in [0.1, 0.15) is 23.2 Å². The lowest BCUT2D eigenvalue weighted by Gasteiger charge is -2.33. The Labute approximate surface area is 452 Å². The number of amides is 3. The van der Waals surface area contributed by atoms with Crippen LogP contribution >= 0.6 is 0 Å². The highest BCUT2D eigenvalue weighted by Gasteiger charge is 2.47. The molecule has 0 bridgehead atoms. The average molecular weight is 1140 g/mol. The third kappa shape index (κ3) is 15.5. The average Bonchev–Trinajstić information content (AvgIpc) is 3.98. The van der Waals surface area contributed by atoms with E-state index in [2.05, 4.69) is 50.5 Å². The number of quaternary nitrogens is 1. The lowest BCUT2D eigenvalue weighted by molar-refractivity contribution is -0.870. The Balaban J connectivity index is 0.00000150. The number of benzene rings is 2. The minimum atomic E-state index is -5.08. The number of rotatable bonds is 23. The smallest absolute Gasteiger partial charge is 0.490 e. The Morgan fingerprint density at radius 1 is 0.897 bits per heavy atom. The van der Waals surface area contributed by atoms with Crippen molar-refractivity contribution in [3.63, 3.8) is 0 Å². The summed E-state index contributed by atoms with van der Waals surface area (Å²) >= 11 is 0. The molecule has 0 aromatic heterocycles. The van der Waals surface area contributed by atoms with E-state index in [4.69, 9.17) is 14.7 Å². The zero-order chi connectivity index (χ0) is 58.5. The van der Waals surface area contributed by atoms with Crippen LogP contribution in [0.5, 0.6) is 0 Å². The van der Waals surface area contributed by atoms with Gasteiger partial charge in [-0.1, -0.05) is 38.5 Å². The van der Waals surface area contributed by atoms with E-state index in [0.717, 1.165) is 40.8 Å². The number of likely N-dealkylation sites (N-methyl/N-ethyl adjacent to an activating group) is 1. The first-order valence-electron chi connectivity index (χ1n) is 25.1. The molecule has 0 spiro atoms. The number of allylic oxidation sites excluding steroid dienone is 5. The highest BCUT2D eigenvalue weighted by Crippen LogP contribution is 2.49. The fraction of sp³-hybridized carbons (Fsp3) is 0.519. The summed E-state index contributed by atoms with van der Waals surface area (Å²) in [7, 11) is 0.137. The molecule has 1 fully saturated rings. The molecule has 4 aliphatic rings. The molecule has 428 valence electrons. The predicted molar refractivity (Wildman–Crippen MR) is 277 cm³/mol. The molecule has 1 atom stereocenters. The first kappa shape index (κ1) is 62.5. The third-order valence-electron chi connectivity index (χ3n) is 13.8. The van der Waals surface area contributed by atoms with Gasteiger partial charge in [0.05, 0.1) is 65.1 Å². The maximum absolute atomic E-state index is 14.7. The molecule has 3 N–H and O–H groups in total. The molecule has 2 aromatic carbocycles. The largest absolute Gasteiger partial charge is 0.748 e. The quantitative estimate of drug-likeness (QED) is 0.0355. The number of hydrogen-bond acceptors (Lipinski definition) is 16. The molecule has 6 rings (SSSR count). The number of carboxylic acid groups (broad SMARTS) is 1. The van der Waals surface area contributed by atoms with Crippen LogP contribution in [0.25, 0.3) is 0 Å². The van der Waals surface area contributed by atoms with E-state index in [9.17, 15) is 63.1 Å². The minimum absolute atomic E-state index is 0.00888. The first-order valence-corrected chi connectivity index (χ1v) is 28.1. The number of Topliss-reactive ketones (excluding diaryl/α,β-unsaturated/α-hetero) is 1. The van der Waals surface area contributed by atoms with Gasteiger partial charge in [-0.25, -0.2) is 26.4 Å². The fourth-order valence-electron chi connectivity index (χ4n) is 9.58. The number of unbranched alkanes of at least 4 members (excludes halogenated alkanes) is 3. The van der Waals surface area contributed by atoms with Crippen molar-refractivity contribution < 1.29 is 86.9 Å². The molecular weight excluding hydrogens is 1070 g/mol. The summed E-state index contributed by atoms with van der Waals surface area (Å²) in [6.07, 6.45) is 1.88. The number of aliphatic carboxylic acids is 1. The molecule has 0 radical (unpaired) electrons. The van der Waals surface area contributed by atoms with E-state index < -0.39 is 89.4 Å². The van der Waals surface area contributed by atoms with Crippen molar-refractivity contribution in [2.45, 2.75) is 107 Å². The maximum atomic E-state index is 14.7. The molecule has 26 heteroatoms. The number of imide groups is 1. The molecule has 3 heterocycles. The molecule has 1 unspecified atom stereocenters. The van der Waals surface area contributed by atoms with Crippen LogP contribution in [0, 0.1) is 0 Å². The standard InChI is InChI=1S/C50H67N7O12S2.C2HF3O2/c1-49(2)36-17-12-13-18-40(36)55(26-15-16-28-57(7,8)9)42(49)31-35-46(34(47(35)61)30-41-50(3,4)37-29-33(71(66,67)68)20-21-39(37)54(41)6)52-38(32-70(63,64)65)48(62)51-24-27-53(5)25-14-10-11-19-45(60)69-56-43(58)22-23-44(56)59;3-2(4,5)1(6)7/h12-13,17-18,20-21,29-31,38H,10-11,14-16,19,22-28,32H2,1-9H3,(H2-2,51,52,61,62,63,64,65,66,67,68);(H,6,7). The SMILES string of the molecule is CN(CCCCCC(=O)ON1C(=O)CCC1=O)CCNC(=O)C(CS(=O)(=O)[O-])NC1=C(/C=C2/N(CCCC[N+](C)(C)C)c3ccccc3C2(C)C)C(=O)/C1=C\C1=[N+](C)c2ccc(S(=O)(=O)[O-])cc2C1(C)C.O=C(O)C(F)(F)F. The van der Waals surface area contributed by atoms with Crippen LogP contribution in [0.4, 0.5) is 24.5 Å². The van der Waals surface area contributed by atoms with E-state index in [-0.39, 0.29) is 42.7 Å². The molecule has 1 saturated heterocycles. The van der Waals surface area contributed by atoms with Gasteiger partial charge in [-0.2, -0.15) is 17.7 Å². The Morgan fingerprint density at radius 2 is 1.53 bits per heavy atom. The van der Waals surface area contributed by atoms with Crippen molar-refractivity contribution in [3.8, 4) is 0 Å². The van der Waals surface area contributed by atoms with Crippen molar-refractivity contribution in [1.82, 2.24) is 20.6 Å². The number of halogens is 3. The molecule has 78 heavy (non-hydrogen) atoms. The van der Waals surface area contributed by atoms with Gasteiger partial charge in [-0.3, -0.25) is 19.2 Å². The lowest BCUT2D eigenvalue weighted by atomic mass is 9.76. The summed E-state index contributed by atoms with van der Waals surface area (Å²) in [5.74, 6) is -6.86. The molecule has 21 nitrogen and oxygen atoms in total. The van der Waals surface area contributed by atoms with Gasteiger partial charge in [0.2, 0.25) is 11.6 Å². The minimum Gasteiger partial charge on any atom is -0.748 e. The van der Waals surface area contributed by atoms with E-state index >= 15 is 0 Å². The Hall–Kier alpha value is -6.32. The van der Waals surface area contributed by atoms with Gasteiger partial charge in [0.25, 0.3) is 11.8 Å². The second-order valence-corrected chi connectivity index (χ2v) is 24.4. The topological polar surface area (TPSA) is 283 Å². The van der Waals surface area contributed by atoms with Gasteiger partial charge in [0.15, 0.2) is 11.5 Å². The van der Waals surface area contributed by atoms with Crippen LogP contribution in [0.2, 0.25) is 0 Å². The maximum Gasteiger partial charge on any atom is 0.490 e. The molecule has 3 amide bonds. The summed E-state index contributed by atoms with van der Waals surface area (Å²) in [6.45, 7) is 10.3. The van der Waals surface area contributed by atoms with Gasteiger partial charge in [-0.15, -0.1) is 5.06 Å². The number of para-hydroxylation sites is 1. The van der Waals surface area contributed by atoms with Crippen LogP contribution in [0.15, 0.2) is 82.1 Å². The van der Waals surface area contributed by atoms with Gasteiger partial charge in [-0.05, 0) is 83.0 Å². The Kier molecular flexibility index (Phi) is 19.5. The summed E-state index contributed by atoms with van der Waals surface area (Å²) in [6, 6.07) is 10.5. The lowest BCUT2D eigenvalue weighted by Crippen LogP contribution is -2.51. The number of carbonyl (C=O) groups is 6. The normalized spacial score (nSPS) is 18.5. The zero-order valence-corrected chi connectivity index (χ0v) is 46.7. The highest BCUT2D eigenvalue weighted by atomic mass is 32.2. The number of fused-ring (bicyclic) bond motifs is 2. The van der Waals surface area contributed by atoms with E-state index in [1.165, 1.54) is 18.2 Å². The number of hydroxylamine groups is 2. The number of anilines is 1. The molecular formula is C52H68F3N7O14S2. The summed E-state index contributed by atoms with van der Waals surface area (Å²) in [5, 5.41) is 13.4. The number of carbonyl (C=O) groups excluding carboxylic acids is 5. The third-order valence-corrected chi connectivity index (χ3v) is 15.4. The number of carboxylic acids is 1. The first-order chi connectivity index (χ1) is 36.0. The summed E-state index contributed by atoms with van der Waals surface area (Å²) in [5.41, 5.74) is 3.41. The Morgan fingerprint density at radius 3 is 2.12 bits per heavy atom. The van der Waals surface area contributed by atoms with E-state index in [1.807, 2.05) is 50.1 Å². The number of nitrogens with one attached hydrogen (secondary N) is 2. The van der Waals surface area contributed by atoms with Crippen molar-refractivity contribution >= 4 is 72.8 Å². The molecule has 0 saturated carbocycles.